The average Bonchev–Trinajstić information content (AvgIpc) is 3.85. The molecule has 9 rings (SSSR count). The van der Waals surface area contributed by atoms with Crippen molar-refractivity contribution in [2.45, 2.75) is 81.2 Å². The number of hydrogen-bond donors (Lipinski definition) is 2. The topological polar surface area (TPSA) is 189 Å². The van der Waals surface area contributed by atoms with Crippen LogP contribution in [-0.2, 0) is 14.4 Å². The van der Waals surface area contributed by atoms with Crippen LogP contribution in [0.2, 0.25) is 0 Å². The van der Waals surface area contributed by atoms with E-state index < -0.39 is 23.8 Å². The van der Waals surface area contributed by atoms with Gasteiger partial charge in [-0.25, -0.2) is 14.6 Å². The van der Waals surface area contributed by atoms with E-state index in [0.717, 1.165) is 118 Å². The summed E-state index contributed by atoms with van der Waals surface area (Å²) in [5, 5.41) is 8.03. The maximum Gasteiger partial charge on any atom is 0.263 e. The van der Waals surface area contributed by atoms with Crippen LogP contribution < -0.4 is 15.8 Å². The van der Waals surface area contributed by atoms with Crippen molar-refractivity contribution >= 4 is 58.1 Å². The lowest BCUT2D eigenvalue weighted by atomic mass is 10.0. The molecule has 2 unspecified atom stereocenters. The van der Waals surface area contributed by atoms with Crippen LogP contribution in [0, 0.1) is 0 Å². The molecule has 0 saturated carbocycles. The monoisotopic (exact) mass is 912 g/mol. The molecule has 0 spiro atoms. The van der Waals surface area contributed by atoms with Gasteiger partial charge in [0.25, 0.3) is 11.8 Å². The molecule has 3 fully saturated rings. The Labute approximate surface area is 388 Å². The smallest absolute Gasteiger partial charge is 0.263 e. The summed E-state index contributed by atoms with van der Waals surface area (Å²) in [6.45, 7) is 7.35. The van der Waals surface area contributed by atoms with Crippen LogP contribution in [0.3, 0.4) is 0 Å². The lowest BCUT2D eigenvalue weighted by molar-refractivity contribution is -0.136. The molecule has 66 heavy (non-hydrogen) atoms. The summed E-state index contributed by atoms with van der Waals surface area (Å²) in [5.74, 6) is 0.944. The number of nitrogens with zero attached hydrogens (tertiary/aromatic N) is 8. The molecule has 6 heterocycles. The number of nitrogens with one attached hydrogen (secondary N) is 1. The highest BCUT2D eigenvalue weighted by molar-refractivity contribution is 7.99. The minimum absolute atomic E-state index is 0.0299. The molecule has 3 saturated heterocycles. The fourth-order valence-corrected chi connectivity index (χ4v) is 10.6. The molecule has 5 amide bonds. The number of carbonyl (C=O) groups excluding carboxylic acids is 5. The van der Waals surface area contributed by atoms with E-state index in [1.54, 1.807) is 23.9 Å². The first kappa shape index (κ1) is 45.0. The number of aromatic nitrogens is 4. The van der Waals surface area contributed by atoms with Gasteiger partial charge in [0.1, 0.15) is 35.4 Å². The van der Waals surface area contributed by atoms with Crippen molar-refractivity contribution in [3.8, 4) is 22.8 Å². The normalized spacial score (nSPS) is 19.4. The molecule has 0 aliphatic carbocycles. The standard InChI is InChI=1S/C49H56N10O6S/c50-45-43-44(33-17-19-36(20-18-33)65-35-12-4-3-5-13-35)54-59(46(43)52-32-51-45)34-11-9-25-57(31-34)41(61)16-10-24-56-28-26-55(27-29-56)23-6-1-2-7-30-66-39-15-8-14-37-42(39)49(64)58(48(37)63)38-21-22-40(60)53-47(38)62/h3-5,8,12-15,17-20,32,34,38H,1-2,6-7,9-11,16,21-31H2,(H2,50,51,52)(H,53,60,62). The number of likely N-dealkylation sites (tertiary alicyclic amines) is 1. The first-order valence-corrected chi connectivity index (χ1v) is 24.2. The highest BCUT2D eigenvalue weighted by Crippen LogP contribution is 2.37. The number of rotatable bonds is 17. The van der Waals surface area contributed by atoms with Crippen molar-refractivity contribution in [3.05, 3.63) is 90.3 Å². The number of para-hydroxylation sites is 1. The fourth-order valence-electron chi connectivity index (χ4n) is 9.56. The summed E-state index contributed by atoms with van der Waals surface area (Å²) >= 11 is 1.58. The van der Waals surface area contributed by atoms with E-state index in [2.05, 4.69) is 25.1 Å². The molecule has 0 bridgehead atoms. The average molecular weight is 913 g/mol. The molecule has 344 valence electrons. The van der Waals surface area contributed by atoms with E-state index in [0.29, 0.717) is 52.4 Å². The summed E-state index contributed by atoms with van der Waals surface area (Å²) in [6, 6.07) is 21.7. The van der Waals surface area contributed by atoms with Gasteiger partial charge in [-0.3, -0.25) is 34.2 Å². The van der Waals surface area contributed by atoms with Gasteiger partial charge in [0, 0.05) is 62.6 Å². The molecule has 5 aromatic rings. The predicted molar refractivity (Wildman–Crippen MR) is 251 cm³/mol. The van der Waals surface area contributed by atoms with Crippen LogP contribution in [0.5, 0.6) is 11.5 Å². The van der Waals surface area contributed by atoms with Crippen LogP contribution in [0.15, 0.2) is 84.0 Å². The number of hydrogen-bond acceptors (Lipinski definition) is 13. The molecule has 2 atom stereocenters. The Kier molecular flexibility index (Phi) is 14.0. The largest absolute Gasteiger partial charge is 0.457 e. The Morgan fingerprint density at radius 1 is 0.788 bits per heavy atom. The predicted octanol–water partition coefficient (Wildman–Crippen LogP) is 6.18. The summed E-state index contributed by atoms with van der Waals surface area (Å²) in [6.07, 6.45) is 9.14. The molecular formula is C49H56N10O6S. The third kappa shape index (κ3) is 9.98. The number of thioether (sulfide) groups is 1. The molecule has 16 nitrogen and oxygen atoms in total. The number of ether oxygens (including phenoxy) is 1. The van der Waals surface area contributed by atoms with E-state index in [1.165, 1.54) is 6.33 Å². The maximum absolute atomic E-state index is 13.6. The molecule has 0 radical (unpaired) electrons. The minimum Gasteiger partial charge on any atom is -0.457 e. The number of anilines is 1. The number of fused-ring (bicyclic) bond motifs is 2. The number of nitrogen functional groups attached to an aromatic ring is 1. The van der Waals surface area contributed by atoms with Crippen LogP contribution in [0.4, 0.5) is 5.82 Å². The molecule has 3 aromatic carbocycles. The minimum atomic E-state index is -0.963. The summed E-state index contributed by atoms with van der Waals surface area (Å²) < 4.78 is 7.95. The molecular weight excluding hydrogens is 857 g/mol. The summed E-state index contributed by atoms with van der Waals surface area (Å²) in [7, 11) is 0. The van der Waals surface area contributed by atoms with Gasteiger partial charge in [-0.2, -0.15) is 5.10 Å². The van der Waals surface area contributed by atoms with Gasteiger partial charge in [0.2, 0.25) is 17.7 Å². The Hall–Kier alpha value is -6.17. The van der Waals surface area contributed by atoms with Crippen molar-refractivity contribution in [2.75, 3.05) is 63.8 Å². The zero-order chi connectivity index (χ0) is 45.6. The lowest BCUT2D eigenvalue weighted by Gasteiger charge is -2.35. The van der Waals surface area contributed by atoms with Crippen molar-refractivity contribution in [3.63, 3.8) is 0 Å². The molecule has 17 heteroatoms. The van der Waals surface area contributed by atoms with E-state index >= 15 is 0 Å². The first-order chi connectivity index (χ1) is 32.2. The van der Waals surface area contributed by atoms with Gasteiger partial charge >= 0.3 is 0 Å². The second-order valence-electron chi connectivity index (χ2n) is 17.5. The van der Waals surface area contributed by atoms with Crippen LogP contribution in [0.1, 0.15) is 91.0 Å². The number of imide groups is 2. The van der Waals surface area contributed by atoms with Crippen LogP contribution in [0.25, 0.3) is 22.3 Å². The van der Waals surface area contributed by atoms with E-state index in [-0.39, 0.29) is 30.7 Å². The lowest BCUT2D eigenvalue weighted by Crippen LogP contribution is -2.54. The SMILES string of the molecule is Nc1ncnc2c1c(-c1ccc(Oc3ccccc3)cc1)nn2C1CCCN(C(=O)CCCN2CCN(CCCCCCSc3cccc4c3C(=O)N(C3CCC(=O)NC3=O)C4=O)CC2)C1. The van der Waals surface area contributed by atoms with Crippen molar-refractivity contribution < 1.29 is 28.7 Å². The zero-order valence-corrected chi connectivity index (χ0v) is 37.9. The molecule has 2 aromatic heterocycles. The van der Waals surface area contributed by atoms with Gasteiger partial charge in [0.15, 0.2) is 5.65 Å². The third-order valence-electron chi connectivity index (χ3n) is 13.1. The van der Waals surface area contributed by atoms with Crippen molar-refractivity contribution in [2.24, 2.45) is 0 Å². The number of piperazine rings is 1. The van der Waals surface area contributed by atoms with Crippen molar-refractivity contribution in [1.82, 2.24) is 44.7 Å². The highest BCUT2D eigenvalue weighted by Gasteiger charge is 2.45. The number of piperidine rings is 2. The van der Waals surface area contributed by atoms with Crippen LogP contribution in [-0.4, -0.2) is 133 Å². The Balaban J connectivity index is 0.675. The van der Waals surface area contributed by atoms with Gasteiger partial charge in [-0.15, -0.1) is 11.8 Å². The molecule has 3 N–H and O–H groups in total. The maximum atomic E-state index is 13.6. The highest BCUT2D eigenvalue weighted by atomic mass is 32.2. The second kappa shape index (κ2) is 20.6. The van der Waals surface area contributed by atoms with Gasteiger partial charge in [-0.05, 0) is 106 Å². The van der Waals surface area contributed by atoms with Gasteiger partial charge in [0.05, 0.1) is 22.6 Å². The van der Waals surface area contributed by atoms with E-state index in [9.17, 15) is 24.0 Å². The Bertz CT molecular complexity index is 2580. The number of nitrogens with two attached hydrogens (primary N) is 1. The van der Waals surface area contributed by atoms with Gasteiger partial charge < -0.3 is 25.2 Å². The quantitative estimate of drug-likeness (QED) is 0.0612. The first-order valence-electron chi connectivity index (χ1n) is 23.2. The van der Waals surface area contributed by atoms with Crippen LogP contribution >= 0.6 is 11.8 Å². The second-order valence-corrected chi connectivity index (χ2v) is 18.6. The fraction of sp³-hybridized carbons (Fsp3) is 0.429. The number of carbonyl (C=O) groups is 5. The summed E-state index contributed by atoms with van der Waals surface area (Å²) in [4.78, 5) is 81.9. The van der Waals surface area contributed by atoms with E-state index in [1.807, 2.05) is 70.2 Å². The Morgan fingerprint density at radius 3 is 2.30 bits per heavy atom. The summed E-state index contributed by atoms with van der Waals surface area (Å²) in [5.41, 5.74) is 9.39. The van der Waals surface area contributed by atoms with Gasteiger partial charge in [-0.1, -0.05) is 37.1 Å². The number of benzene rings is 3. The number of amides is 5. The molecule has 4 aliphatic heterocycles. The van der Waals surface area contributed by atoms with E-state index in [4.69, 9.17) is 15.6 Å². The Morgan fingerprint density at radius 2 is 1.53 bits per heavy atom. The zero-order valence-electron chi connectivity index (χ0n) is 37.1. The molecule has 4 aliphatic rings. The van der Waals surface area contributed by atoms with Crippen molar-refractivity contribution in [1.29, 1.82) is 0 Å². The third-order valence-corrected chi connectivity index (χ3v) is 14.2. The number of unbranched alkanes of at least 4 members (excludes halogenated alkanes) is 3.